The molecule has 0 aliphatic carbocycles. The van der Waals surface area contributed by atoms with Crippen LogP contribution in [0.2, 0.25) is 0 Å². The molecule has 0 atom stereocenters. The van der Waals surface area contributed by atoms with Crippen molar-refractivity contribution < 1.29 is 0 Å². The largest absolute Gasteiger partial charge is 0.190 e. The molecular formula is C4H3Cl4. The number of rotatable bonds is 2. The van der Waals surface area contributed by atoms with Crippen LogP contribution in [0.15, 0.2) is 12.7 Å². The lowest BCUT2D eigenvalue weighted by atomic mass is 10.5. The number of halogens is 4. The lowest BCUT2D eigenvalue weighted by molar-refractivity contribution is 1.20. The second-order valence-electron chi connectivity index (χ2n) is 1.09. The molecule has 0 saturated heterocycles. The Labute approximate surface area is 68.4 Å². The first-order valence-electron chi connectivity index (χ1n) is 1.70. The van der Waals surface area contributed by atoms with Crippen LogP contribution < -0.4 is 0 Å². The molecule has 1 radical (unpaired) electrons. The minimum atomic E-state index is -1.30. The van der Waals surface area contributed by atoms with Gasteiger partial charge in [-0.2, -0.15) is 0 Å². The summed E-state index contributed by atoms with van der Waals surface area (Å²) in [5, 5.41) is 0. The topological polar surface area (TPSA) is 0 Å². The van der Waals surface area contributed by atoms with Crippen molar-refractivity contribution in [2.75, 3.05) is 0 Å². The van der Waals surface area contributed by atoms with E-state index in [0.717, 1.165) is 0 Å². The van der Waals surface area contributed by atoms with Crippen molar-refractivity contribution in [3.63, 3.8) is 0 Å². The summed E-state index contributed by atoms with van der Waals surface area (Å²) in [6.07, 6.45) is 1.24. The lowest BCUT2D eigenvalue weighted by Gasteiger charge is -2.12. The van der Waals surface area contributed by atoms with E-state index in [1.807, 2.05) is 0 Å². The third-order valence-corrected chi connectivity index (χ3v) is 2.18. The van der Waals surface area contributed by atoms with E-state index < -0.39 is 4.33 Å². The molecule has 47 valence electrons. The van der Waals surface area contributed by atoms with E-state index in [4.69, 9.17) is 46.4 Å². The molecule has 0 rings (SSSR count). The van der Waals surface area contributed by atoms with Gasteiger partial charge in [-0.25, -0.2) is 0 Å². The number of hydrogen-bond acceptors (Lipinski definition) is 0. The van der Waals surface area contributed by atoms with Crippen LogP contribution in [0, 0.1) is 4.84 Å². The van der Waals surface area contributed by atoms with Gasteiger partial charge in [-0.05, 0) is 0 Å². The van der Waals surface area contributed by atoms with Gasteiger partial charge >= 0.3 is 0 Å². The van der Waals surface area contributed by atoms with Gasteiger partial charge < -0.3 is 0 Å². The highest BCUT2D eigenvalue weighted by molar-refractivity contribution is 6.66. The van der Waals surface area contributed by atoms with Gasteiger partial charge in [0.1, 0.15) is 0 Å². The molecule has 0 saturated carbocycles. The third kappa shape index (κ3) is 2.45. The van der Waals surface area contributed by atoms with Gasteiger partial charge in [0.15, 0.2) is 9.17 Å². The molecule has 0 spiro atoms. The Morgan fingerprint density at radius 1 is 1.38 bits per heavy atom. The van der Waals surface area contributed by atoms with E-state index >= 15 is 0 Å². The first kappa shape index (κ1) is 8.90. The van der Waals surface area contributed by atoms with Gasteiger partial charge in [0, 0.05) is 0 Å². The van der Waals surface area contributed by atoms with Crippen LogP contribution in [0.1, 0.15) is 0 Å². The van der Waals surface area contributed by atoms with E-state index in [1.54, 1.807) is 0 Å². The van der Waals surface area contributed by atoms with Crippen molar-refractivity contribution in [1.29, 1.82) is 0 Å². The standard InChI is InChI=1S/C4H3Cl4/c1-2-4(7,8)3(5)6/h2H,1H2. The Hall–Kier alpha value is 0.900. The molecule has 4 heteroatoms. The zero-order chi connectivity index (χ0) is 6.78. The summed E-state index contributed by atoms with van der Waals surface area (Å²) < 4.78 is -1.30. The van der Waals surface area contributed by atoms with Crippen molar-refractivity contribution in [1.82, 2.24) is 0 Å². The van der Waals surface area contributed by atoms with Crippen molar-refractivity contribution >= 4 is 46.4 Å². The second kappa shape index (κ2) is 3.17. The SMILES string of the molecule is C=CC(Cl)(Cl)[C](Cl)Cl. The first-order valence-corrected chi connectivity index (χ1v) is 3.21. The summed E-state index contributed by atoms with van der Waals surface area (Å²) in [5.41, 5.74) is 0. The molecule has 0 N–H and O–H groups in total. The van der Waals surface area contributed by atoms with Crippen molar-refractivity contribution in [3.05, 3.63) is 17.5 Å². The van der Waals surface area contributed by atoms with Crippen LogP contribution >= 0.6 is 46.4 Å². The summed E-state index contributed by atoms with van der Waals surface area (Å²) in [5.74, 6) is 0. The zero-order valence-electron chi connectivity index (χ0n) is 3.80. The third-order valence-electron chi connectivity index (χ3n) is 0.508. The average Bonchev–Trinajstić information content (AvgIpc) is 1.67. The Morgan fingerprint density at radius 2 is 1.75 bits per heavy atom. The Bertz CT molecular complexity index is 86.0. The minimum absolute atomic E-state index is 0.115. The van der Waals surface area contributed by atoms with E-state index in [-0.39, 0.29) is 4.84 Å². The van der Waals surface area contributed by atoms with E-state index in [0.29, 0.717) is 0 Å². The molecule has 0 aromatic carbocycles. The van der Waals surface area contributed by atoms with Crippen LogP contribution in [-0.4, -0.2) is 4.33 Å². The van der Waals surface area contributed by atoms with Gasteiger partial charge in [-0.15, -0.1) is 6.58 Å². The van der Waals surface area contributed by atoms with Crippen LogP contribution in [-0.2, 0) is 0 Å². The molecule has 8 heavy (non-hydrogen) atoms. The van der Waals surface area contributed by atoms with Crippen molar-refractivity contribution in [3.8, 4) is 0 Å². The highest BCUT2D eigenvalue weighted by Gasteiger charge is 2.29. The number of hydrogen-bond donors (Lipinski definition) is 0. The molecule has 0 fully saturated rings. The van der Waals surface area contributed by atoms with Crippen LogP contribution in [0.3, 0.4) is 0 Å². The smallest absolute Gasteiger partial charge is 0.100 e. The molecule has 0 amide bonds. The number of allylic oxidation sites excluding steroid dienone is 1. The van der Waals surface area contributed by atoms with Crippen LogP contribution in [0.4, 0.5) is 0 Å². The predicted octanol–water partition coefficient (Wildman–Crippen LogP) is 3.31. The molecule has 0 bridgehead atoms. The maximum absolute atomic E-state index is 5.40. The van der Waals surface area contributed by atoms with E-state index in [2.05, 4.69) is 6.58 Å². The maximum Gasteiger partial charge on any atom is 0.190 e. The fourth-order valence-electron chi connectivity index (χ4n) is 0.0772. The highest BCUT2D eigenvalue weighted by atomic mass is 35.5. The summed E-state index contributed by atoms with van der Waals surface area (Å²) in [6, 6.07) is 0. The molecule has 0 aliphatic rings. The van der Waals surface area contributed by atoms with Gasteiger partial charge in [-0.3, -0.25) is 0 Å². The average molecular weight is 193 g/mol. The molecule has 0 unspecified atom stereocenters. The Morgan fingerprint density at radius 3 is 1.75 bits per heavy atom. The Kier molecular flexibility index (Phi) is 3.52. The Balaban J connectivity index is 3.90. The fraction of sp³-hybridized carbons (Fsp3) is 0.250. The van der Waals surface area contributed by atoms with E-state index in [9.17, 15) is 0 Å². The van der Waals surface area contributed by atoms with Gasteiger partial charge in [0.25, 0.3) is 0 Å². The fourth-order valence-corrected chi connectivity index (χ4v) is 0.231. The summed E-state index contributed by atoms with van der Waals surface area (Å²) >= 11 is 21.2. The summed E-state index contributed by atoms with van der Waals surface area (Å²) in [7, 11) is 0. The van der Waals surface area contributed by atoms with Gasteiger partial charge in [-0.1, -0.05) is 52.5 Å². The molecule has 0 heterocycles. The molecule has 0 aromatic heterocycles. The predicted molar refractivity (Wildman–Crippen MR) is 39.6 cm³/mol. The van der Waals surface area contributed by atoms with Gasteiger partial charge in [0.2, 0.25) is 0 Å². The second-order valence-corrected chi connectivity index (χ2v) is 3.42. The monoisotopic (exact) mass is 191 g/mol. The van der Waals surface area contributed by atoms with Crippen LogP contribution in [0.5, 0.6) is 0 Å². The van der Waals surface area contributed by atoms with Crippen molar-refractivity contribution in [2.24, 2.45) is 0 Å². The molecule has 0 nitrogen and oxygen atoms in total. The number of alkyl halides is 2. The highest BCUT2D eigenvalue weighted by Crippen LogP contribution is 2.38. The van der Waals surface area contributed by atoms with Crippen LogP contribution in [0.25, 0.3) is 0 Å². The zero-order valence-corrected chi connectivity index (χ0v) is 6.82. The summed E-state index contributed by atoms with van der Waals surface area (Å²) in [6.45, 7) is 3.30. The first-order chi connectivity index (χ1) is 3.50. The quantitative estimate of drug-likeness (QED) is 0.466. The van der Waals surface area contributed by atoms with E-state index in [1.165, 1.54) is 6.08 Å². The minimum Gasteiger partial charge on any atom is -0.100 e. The van der Waals surface area contributed by atoms with Gasteiger partial charge in [0.05, 0.1) is 0 Å². The maximum atomic E-state index is 5.40. The van der Waals surface area contributed by atoms with Crippen molar-refractivity contribution in [2.45, 2.75) is 4.33 Å². The molecule has 0 aromatic rings. The molecule has 0 aliphatic heterocycles. The normalized spacial score (nSPS) is 12.1. The lowest BCUT2D eigenvalue weighted by Crippen LogP contribution is -2.10. The molecular weight excluding hydrogens is 190 g/mol. The summed E-state index contributed by atoms with van der Waals surface area (Å²) in [4.78, 5) is -0.115.